The van der Waals surface area contributed by atoms with E-state index in [9.17, 15) is 4.79 Å². The van der Waals surface area contributed by atoms with Crippen molar-refractivity contribution < 1.29 is 0 Å². The summed E-state index contributed by atoms with van der Waals surface area (Å²) in [5.41, 5.74) is 1.61. The largest absolute Gasteiger partial charge is 0.360 e. The minimum Gasteiger partial charge on any atom is -0.360 e. The van der Waals surface area contributed by atoms with Crippen molar-refractivity contribution in [2.24, 2.45) is 5.92 Å². The molecule has 0 amide bonds. The molecule has 0 aliphatic rings. The molecule has 1 N–H and O–H groups in total. The summed E-state index contributed by atoms with van der Waals surface area (Å²) in [6.07, 6.45) is 0. The third-order valence-corrected chi connectivity index (χ3v) is 3.84. The first-order valence-electron chi connectivity index (χ1n) is 6.81. The lowest BCUT2D eigenvalue weighted by Gasteiger charge is -2.13. The van der Waals surface area contributed by atoms with Crippen LogP contribution in [0.25, 0.3) is 10.6 Å². The Hall–Kier alpha value is -1.69. The van der Waals surface area contributed by atoms with Gasteiger partial charge in [-0.05, 0) is 31.9 Å². The summed E-state index contributed by atoms with van der Waals surface area (Å²) < 4.78 is 1.81. The number of aryl methyl sites for hydroxylation is 1. The van der Waals surface area contributed by atoms with Gasteiger partial charge in [0.1, 0.15) is 0 Å². The van der Waals surface area contributed by atoms with E-state index in [0.29, 0.717) is 16.5 Å². The molecule has 0 atom stereocenters. The van der Waals surface area contributed by atoms with Gasteiger partial charge in [-0.2, -0.15) is 0 Å². The second-order valence-electron chi connectivity index (χ2n) is 5.14. The smallest absolute Gasteiger partial charge is 0.261 e. The van der Waals surface area contributed by atoms with Crippen LogP contribution in [0.4, 0.5) is 5.13 Å². The van der Waals surface area contributed by atoms with Gasteiger partial charge in [0.05, 0.1) is 5.56 Å². The highest BCUT2D eigenvalue weighted by Gasteiger charge is 2.13. The van der Waals surface area contributed by atoms with Crippen LogP contribution in [0.2, 0.25) is 0 Å². The SMILES string of the molecule is CCNc1nnc(-c2ccc(C)n(CC(C)C)c2=O)s1. The molecule has 0 unspecified atom stereocenters. The second-order valence-corrected chi connectivity index (χ2v) is 6.12. The fourth-order valence-electron chi connectivity index (χ4n) is 1.98. The molecule has 0 spiro atoms. The molecule has 0 aliphatic heterocycles. The first kappa shape index (κ1) is 14.7. The maximum Gasteiger partial charge on any atom is 0.261 e. The lowest BCUT2D eigenvalue weighted by atomic mass is 10.2. The van der Waals surface area contributed by atoms with E-state index in [1.54, 1.807) is 0 Å². The third-order valence-electron chi connectivity index (χ3n) is 2.92. The Labute approximate surface area is 122 Å². The Kier molecular flexibility index (Phi) is 4.54. The highest BCUT2D eigenvalue weighted by Crippen LogP contribution is 2.24. The standard InChI is InChI=1S/C14H20N4OS/c1-5-15-14-17-16-12(20-14)11-7-6-10(4)18(13(11)19)8-9(2)3/h6-7,9H,5,8H2,1-4H3,(H,15,17). The summed E-state index contributed by atoms with van der Waals surface area (Å²) in [4.78, 5) is 12.6. The summed E-state index contributed by atoms with van der Waals surface area (Å²) in [5, 5.41) is 12.7. The van der Waals surface area contributed by atoms with Gasteiger partial charge in [0.25, 0.3) is 5.56 Å². The Balaban J connectivity index is 2.43. The Morgan fingerprint density at radius 2 is 2.10 bits per heavy atom. The minimum absolute atomic E-state index is 0.0119. The summed E-state index contributed by atoms with van der Waals surface area (Å²) in [7, 11) is 0. The molecule has 0 aliphatic carbocycles. The van der Waals surface area contributed by atoms with Crippen molar-refractivity contribution >= 4 is 16.5 Å². The molecule has 6 heteroatoms. The number of aromatic nitrogens is 3. The van der Waals surface area contributed by atoms with E-state index in [1.807, 2.05) is 30.5 Å². The molecule has 20 heavy (non-hydrogen) atoms. The maximum atomic E-state index is 12.6. The van der Waals surface area contributed by atoms with Crippen LogP contribution >= 0.6 is 11.3 Å². The van der Waals surface area contributed by atoms with E-state index < -0.39 is 0 Å². The van der Waals surface area contributed by atoms with Gasteiger partial charge in [0.2, 0.25) is 5.13 Å². The van der Waals surface area contributed by atoms with E-state index >= 15 is 0 Å². The zero-order chi connectivity index (χ0) is 14.7. The molecule has 2 rings (SSSR count). The van der Waals surface area contributed by atoms with Crippen molar-refractivity contribution in [1.82, 2.24) is 14.8 Å². The topological polar surface area (TPSA) is 59.8 Å². The van der Waals surface area contributed by atoms with Crippen molar-refractivity contribution in [2.45, 2.75) is 34.2 Å². The number of anilines is 1. The normalized spacial score (nSPS) is 11.1. The molecule has 2 heterocycles. The predicted molar refractivity (Wildman–Crippen MR) is 83.3 cm³/mol. The van der Waals surface area contributed by atoms with E-state index in [1.165, 1.54) is 11.3 Å². The van der Waals surface area contributed by atoms with Crippen LogP contribution in [-0.2, 0) is 6.54 Å². The zero-order valence-corrected chi connectivity index (χ0v) is 13.1. The lowest BCUT2D eigenvalue weighted by molar-refractivity contribution is 0.503. The number of pyridine rings is 1. The summed E-state index contributed by atoms with van der Waals surface area (Å²) in [5.74, 6) is 0.424. The van der Waals surface area contributed by atoms with Gasteiger partial charge in [-0.15, -0.1) is 10.2 Å². The highest BCUT2D eigenvalue weighted by molar-refractivity contribution is 7.18. The molecule has 2 aromatic rings. The fourth-order valence-corrected chi connectivity index (χ4v) is 2.81. The Bertz CT molecular complexity index is 645. The van der Waals surface area contributed by atoms with E-state index in [0.717, 1.165) is 23.9 Å². The van der Waals surface area contributed by atoms with Gasteiger partial charge in [-0.1, -0.05) is 25.2 Å². The van der Waals surface area contributed by atoms with Crippen LogP contribution in [0.3, 0.4) is 0 Å². The van der Waals surface area contributed by atoms with E-state index in [4.69, 9.17) is 0 Å². The molecular formula is C14H20N4OS. The molecule has 0 aromatic carbocycles. The van der Waals surface area contributed by atoms with Crippen molar-refractivity contribution in [2.75, 3.05) is 11.9 Å². The van der Waals surface area contributed by atoms with Crippen molar-refractivity contribution in [3.8, 4) is 10.6 Å². The maximum absolute atomic E-state index is 12.6. The van der Waals surface area contributed by atoms with Crippen molar-refractivity contribution in [1.29, 1.82) is 0 Å². The molecular weight excluding hydrogens is 272 g/mol. The third kappa shape index (κ3) is 3.07. The number of hydrogen-bond acceptors (Lipinski definition) is 5. The first-order chi connectivity index (χ1) is 9.52. The fraction of sp³-hybridized carbons (Fsp3) is 0.500. The van der Waals surface area contributed by atoms with E-state index in [-0.39, 0.29) is 5.56 Å². The van der Waals surface area contributed by atoms with Crippen LogP contribution in [0.5, 0.6) is 0 Å². The molecule has 0 saturated carbocycles. The van der Waals surface area contributed by atoms with Gasteiger partial charge in [0.15, 0.2) is 5.01 Å². The van der Waals surface area contributed by atoms with Gasteiger partial charge in [-0.3, -0.25) is 4.79 Å². The van der Waals surface area contributed by atoms with Crippen molar-refractivity contribution in [3.63, 3.8) is 0 Å². The summed E-state index contributed by atoms with van der Waals surface area (Å²) >= 11 is 1.41. The van der Waals surface area contributed by atoms with Crippen LogP contribution in [0, 0.1) is 12.8 Å². The summed E-state index contributed by atoms with van der Waals surface area (Å²) in [6, 6.07) is 3.80. The highest BCUT2D eigenvalue weighted by atomic mass is 32.1. The Morgan fingerprint density at radius 1 is 1.35 bits per heavy atom. The monoisotopic (exact) mass is 292 g/mol. The predicted octanol–water partition coefficient (Wildman–Crippen LogP) is 2.76. The van der Waals surface area contributed by atoms with Gasteiger partial charge >= 0.3 is 0 Å². The molecule has 108 valence electrons. The molecule has 0 saturated heterocycles. The minimum atomic E-state index is 0.0119. The number of nitrogens with zero attached hydrogens (tertiary/aromatic N) is 3. The van der Waals surface area contributed by atoms with Crippen LogP contribution in [-0.4, -0.2) is 21.3 Å². The number of hydrogen-bond donors (Lipinski definition) is 1. The van der Waals surface area contributed by atoms with Crippen LogP contribution in [0.15, 0.2) is 16.9 Å². The lowest BCUT2D eigenvalue weighted by Crippen LogP contribution is -2.25. The van der Waals surface area contributed by atoms with Gasteiger partial charge < -0.3 is 9.88 Å². The second kappa shape index (κ2) is 6.17. The van der Waals surface area contributed by atoms with E-state index in [2.05, 4.69) is 29.4 Å². The molecule has 5 nitrogen and oxygen atoms in total. The van der Waals surface area contributed by atoms with Crippen LogP contribution in [0.1, 0.15) is 26.5 Å². The average Bonchev–Trinajstić information content (AvgIpc) is 2.83. The average molecular weight is 292 g/mol. The van der Waals surface area contributed by atoms with Crippen molar-refractivity contribution in [3.05, 3.63) is 28.2 Å². The summed E-state index contributed by atoms with van der Waals surface area (Å²) in [6.45, 7) is 9.68. The Morgan fingerprint density at radius 3 is 2.75 bits per heavy atom. The van der Waals surface area contributed by atoms with Gasteiger partial charge in [-0.25, -0.2) is 0 Å². The quantitative estimate of drug-likeness (QED) is 0.920. The van der Waals surface area contributed by atoms with Gasteiger partial charge in [0, 0.05) is 18.8 Å². The molecule has 0 radical (unpaired) electrons. The first-order valence-corrected chi connectivity index (χ1v) is 7.62. The van der Waals surface area contributed by atoms with Crippen LogP contribution < -0.4 is 10.9 Å². The zero-order valence-electron chi connectivity index (χ0n) is 12.3. The molecule has 0 fully saturated rings. The number of rotatable bonds is 5. The molecule has 2 aromatic heterocycles. The molecule has 0 bridgehead atoms. The number of nitrogens with one attached hydrogen (secondary N) is 1.